The van der Waals surface area contributed by atoms with Crippen LogP contribution in [0.3, 0.4) is 0 Å². The topological polar surface area (TPSA) is 37.4 Å². The van der Waals surface area contributed by atoms with Gasteiger partial charge in [-0.1, -0.05) is 48.9 Å². The Morgan fingerprint density at radius 1 is 1.19 bits per heavy atom. The van der Waals surface area contributed by atoms with Crippen LogP contribution in [0.1, 0.15) is 18.9 Å². The van der Waals surface area contributed by atoms with Crippen molar-refractivity contribution in [3.8, 4) is 0 Å². The first-order valence-corrected chi connectivity index (χ1v) is 8.77. The van der Waals surface area contributed by atoms with Gasteiger partial charge in [-0.2, -0.15) is 4.31 Å². The van der Waals surface area contributed by atoms with Gasteiger partial charge in [-0.05, 0) is 25.5 Å². The molecular formula is C17H21NO2S. The van der Waals surface area contributed by atoms with Gasteiger partial charge in [0, 0.05) is 24.4 Å². The van der Waals surface area contributed by atoms with Gasteiger partial charge in [0.15, 0.2) is 0 Å². The van der Waals surface area contributed by atoms with Crippen LogP contribution >= 0.6 is 0 Å². The Morgan fingerprint density at radius 3 is 2.62 bits per heavy atom. The maximum atomic E-state index is 12.8. The van der Waals surface area contributed by atoms with Crippen LogP contribution in [0.2, 0.25) is 0 Å². The van der Waals surface area contributed by atoms with Crippen molar-refractivity contribution in [3.05, 3.63) is 54.1 Å². The summed E-state index contributed by atoms with van der Waals surface area (Å²) in [5.74, 6) is 0.261. The van der Waals surface area contributed by atoms with Crippen molar-refractivity contribution in [1.82, 2.24) is 4.31 Å². The zero-order valence-electron chi connectivity index (χ0n) is 12.5. The Hall–Kier alpha value is -1.39. The van der Waals surface area contributed by atoms with Gasteiger partial charge in [0.2, 0.25) is 10.0 Å². The lowest BCUT2D eigenvalue weighted by Gasteiger charge is -2.24. The van der Waals surface area contributed by atoms with Crippen molar-refractivity contribution in [2.75, 3.05) is 13.1 Å². The maximum Gasteiger partial charge on any atom is 0.243 e. The highest BCUT2D eigenvalue weighted by atomic mass is 32.2. The third kappa shape index (κ3) is 2.58. The SMILES string of the molecule is Cc1ccc(S(=O)(=O)N2C[C@@H]3C=CCC=C[C@@]3(C)C2)cc1. The van der Waals surface area contributed by atoms with Crippen LogP contribution in [0.5, 0.6) is 0 Å². The summed E-state index contributed by atoms with van der Waals surface area (Å²) in [6.45, 7) is 5.22. The predicted octanol–water partition coefficient (Wildman–Crippen LogP) is 3.14. The van der Waals surface area contributed by atoms with E-state index in [1.807, 2.05) is 19.1 Å². The Kier molecular flexibility index (Phi) is 3.54. The summed E-state index contributed by atoms with van der Waals surface area (Å²) in [5, 5.41) is 0. The van der Waals surface area contributed by atoms with Crippen molar-refractivity contribution in [3.63, 3.8) is 0 Å². The molecule has 2 atom stereocenters. The minimum atomic E-state index is -3.40. The van der Waals surface area contributed by atoms with E-state index in [0.29, 0.717) is 18.0 Å². The second-order valence-corrected chi connectivity index (χ2v) is 8.23. The van der Waals surface area contributed by atoms with Crippen molar-refractivity contribution in [1.29, 1.82) is 0 Å². The minimum absolute atomic E-state index is 0.0925. The third-order valence-electron chi connectivity index (χ3n) is 4.56. The molecule has 0 bridgehead atoms. The largest absolute Gasteiger partial charge is 0.243 e. The molecule has 2 aliphatic rings. The van der Waals surface area contributed by atoms with Crippen molar-refractivity contribution in [2.45, 2.75) is 25.2 Å². The molecule has 0 unspecified atom stereocenters. The third-order valence-corrected chi connectivity index (χ3v) is 6.39. The number of fused-ring (bicyclic) bond motifs is 1. The molecule has 21 heavy (non-hydrogen) atoms. The molecule has 112 valence electrons. The van der Waals surface area contributed by atoms with Crippen LogP contribution in [-0.2, 0) is 10.0 Å². The van der Waals surface area contributed by atoms with Gasteiger partial charge in [-0.25, -0.2) is 8.42 Å². The standard InChI is InChI=1S/C17H21NO2S/c1-14-7-9-16(10-8-14)21(19,20)18-12-15-6-4-3-5-11-17(15,2)13-18/h4-11,15H,3,12-13H2,1-2H3/t15-,17-/m0/s1. The molecule has 0 N–H and O–H groups in total. The van der Waals surface area contributed by atoms with Gasteiger partial charge < -0.3 is 0 Å². The second-order valence-electron chi connectivity index (χ2n) is 6.29. The molecule has 4 heteroatoms. The number of sulfonamides is 1. The zero-order valence-corrected chi connectivity index (χ0v) is 13.3. The first kappa shape index (κ1) is 14.5. The summed E-state index contributed by atoms with van der Waals surface area (Å²) in [6, 6.07) is 7.10. The van der Waals surface area contributed by atoms with Gasteiger partial charge in [0.25, 0.3) is 0 Å². The summed E-state index contributed by atoms with van der Waals surface area (Å²) in [7, 11) is -3.40. The number of benzene rings is 1. The molecule has 0 amide bonds. The van der Waals surface area contributed by atoms with E-state index in [9.17, 15) is 8.42 Å². The van der Waals surface area contributed by atoms with Gasteiger partial charge >= 0.3 is 0 Å². The average molecular weight is 303 g/mol. The summed E-state index contributed by atoms with van der Waals surface area (Å²) in [6.07, 6.45) is 9.57. The molecule has 3 nitrogen and oxygen atoms in total. The molecule has 3 rings (SSSR count). The van der Waals surface area contributed by atoms with Gasteiger partial charge in [0.05, 0.1) is 4.90 Å². The van der Waals surface area contributed by atoms with E-state index in [-0.39, 0.29) is 11.3 Å². The van der Waals surface area contributed by atoms with Crippen LogP contribution in [0.25, 0.3) is 0 Å². The monoisotopic (exact) mass is 303 g/mol. The number of hydrogen-bond acceptors (Lipinski definition) is 2. The van der Waals surface area contributed by atoms with E-state index in [4.69, 9.17) is 0 Å². The average Bonchev–Trinajstić information content (AvgIpc) is 2.67. The Morgan fingerprint density at radius 2 is 1.90 bits per heavy atom. The van der Waals surface area contributed by atoms with E-state index in [1.54, 1.807) is 16.4 Å². The van der Waals surface area contributed by atoms with E-state index in [0.717, 1.165) is 12.0 Å². The van der Waals surface area contributed by atoms with Crippen LogP contribution < -0.4 is 0 Å². The highest BCUT2D eigenvalue weighted by Crippen LogP contribution is 2.41. The highest BCUT2D eigenvalue weighted by Gasteiger charge is 2.44. The fourth-order valence-corrected chi connectivity index (χ4v) is 4.73. The number of rotatable bonds is 2. The molecule has 0 aromatic heterocycles. The summed E-state index contributed by atoms with van der Waals surface area (Å²) >= 11 is 0. The lowest BCUT2D eigenvalue weighted by molar-refractivity contribution is 0.385. The fourth-order valence-electron chi connectivity index (χ4n) is 3.15. The molecule has 1 fully saturated rings. The molecule has 1 heterocycles. The smallest absolute Gasteiger partial charge is 0.207 e. The lowest BCUT2D eigenvalue weighted by Crippen LogP contribution is -2.30. The molecule has 0 radical (unpaired) electrons. The van der Waals surface area contributed by atoms with Crippen molar-refractivity contribution in [2.24, 2.45) is 11.3 Å². The van der Waals surface area contributed by atoms with Crippen LogP contribution in [0, 0.1) is 18.3 Å². The Bertz CT molecular complexity index is 688. The van der Waals surface area contributed by atoms with E-state index in [1.165, 1.54) is 0 Å². The quantitative estimate of drug-likeness (QED) is 0.787. The fraction of sp³-hybridized carbons (Fsp3) is 0.412. The normalized spacial score (nSPS) is 29.3. The van der Waals surface area contributed by atoms with Gasteiger partial charge in [-0.15, -0.1) is 0 Å². The number of allylic oxidation sites excluding steroid dienone is 2. The number of hydrogen-bond donors (Lipinski definition) is 0. The van der Waals surface area contributed by atoms with Gasteiger partial charge in [-0.3, -0.25) is 0 Å². The molecular weight excluding hydrogens is 282 g/mol. The van der Waals surface area contributed by atoms with Crippen LogP contribution in [0.4, 0.5) is 0 Å². The molecule has 1 aliphatic carbocycles. The summed E-state index contributed by atoms with van der Waals surface area (Å²) in [4.78, 5) is 0.390. The molecule has 0 spiro atoms. The number of aryl methyl sites for hydroxylation is 1. The summed E-state index contributed by atoms with van der Waals surface area (Å²) < 4.78 is 27.2. The van der Waals surface area contributed by atoms with Crippen molar-refractivity contribution >= 4 is 10.0 Å². The number of nitrogens with zero attached hydrogens (tertiary/aromatic N) is 1. The Balaban J connectivity index is 1.92. The Labute approximate surface area is 127 Å². The van der Waals surface area contributed by atoms with Crippen molar-refractivity contribution < 1.29 is 8.42 Å². The molecule has 1 aromatic rings. The molecule has 1 aliphatic heterocycles. The molecule has 1 saturated heterocycles. The van der Waals surface area contributed by atoms with Crippen LogP contribution in [0.15, 0.2) is 53.5 Å². The molecule has 0 saturated carbocycles. The first-order valence-electron chi connectivity index (χ1n) is 7.33. The summed E-state index contributed by atoms with van der Waals surface area (Å²) in [5.41, 5.74) is 0.975. The minimum Gasteiger partial charge on any atom is -0.207 e. The highest BCUT2D eigenvalue weighted by molar-refractivity contribution is 7.89. The van der Waals surface area contributed by atoms with E-state index in [2.05, 4.69) is 31.2 Å². The van der Waals surface area contributed by atoms with E-state index >= 15 is 0 Å². The second kappa shape index (κ2) is 5.11. The van der Waals surface area contributed by atoms with E-state index < -0.39 is 10.0 Å². The predicted molar refractivity (Wildman–Crippen MR) is 84.4 cm³/mol. The first-order chi connectivity index (χ1) is 9.92. The molecule has 1 aromatic carbocycles. The lowest BCUT2D eigenvalue weighted by atomic mass is 9.80. The van der Waals surface area contributed by atoms with Crippen LogP contribution in [-0.4, -0.2) is 25.8 Å². The maximum absolute atomic E-state index is 12.8. The zero-order chi connectivity index (χ0) is 15.1. The van der Waals surface area contributed by atoms with Gasteiger partial charge in [0.1, 0.15) is 0 Å².